The third-order valence-corrected chi connectivity index (χ3v) is 5.91. The molecule has 3 aromatic rings. The number of thioether (sulfide) groups is 1. The Morgan fingerprint density at radius 3 is 2.61 bits per heavy atom. The third-order valence-electron chi connectivity index (χ3n) is 4.65. The molecule has 142 valence electrons. The van der Waals surface area contributed by atoms with Gasteiger partial charge in [-0.2, -0.15) is 0 Å². The van der Waals surface area contributed by atoms with Crippen LogP contribution in [0.3, 0.4) is 0 Å². The van der Waals surface area contributed by atoms with Crippen LogP contribution in [0.1, 0.15) is 26.1 Å². The summed E-state index contributed by atoms with van der Waals surface area (Å²) in [5.41, 5.74) is 2.21. The van der Waals surface area contributed by atoms with Crippen LogP contribution < -0.4 is 5.32 Å². The van der Waals surface area contributed by atoms with Gasteiger partial charge >= 0.3 is 0 Å². The lowest BCUT2D eigenvalue weighted by Crippen LogP contribution is -2.11. The molecule has 4 rings (SSSR count). The fraction of sp³-hybridized carbons (Fsp3) is 0.227. The number of hydrogen-bond acceptors (Lipinski definition) is 5. The number of nitrogens with one attached hydrogen (secondary N) is 1. The fourth-order valence-electron chi connectivity index (χ4n) is 3.18. The van der Waals surface area contributed by atoms with Gasteiger partial charge in [0.05, 0.1) is 17.3 Å². The lowest BCUT2D eigenvalue weighted by atomic mass is 10.1. The molecule has 0 aliphatic carbocycles. The lowest BCUT2D eigenvalue weighted by Gasteiger charge is -2.10. The molecule has 4 nitrogen and oxygen atoms in total. The first-order chi connectivity index (χ1) is 13.6. The number of fused-ring (bicyclic) bond motifs is 1. The summed E-state index contributed by atoms with van der Waals surface area (Å²) in [4.78, 5) is 15.4. The number of aliphatic imine (C=N–C) groups is 1. The van der Waals surface area contributed by atoms with Crippen LogP contribution in [0, 0.1) is 0 Å². The summed E-state index contributed by atoms with van der Waals surface area (Å²) in [6.07, 6.45) is 3.11. The van der Waals surface area contributed by atoms with E-state index in [1.165, 1.54) is 5.57 Å². The Morgan fingerprint density at radius 2 is 1.86 bits per heavy atom. The molecule has 1 atom stereocenters. The maximum Gasteiger partial charge on any atom is 0.143 e. The maximum absolute atomic E-state index is 5.97. The van der Waals surface area contributed by atoms with Gasteiger partial charge in [0.2, 0.25) is 0 Å². The predicted molar refractivity (Wildman–Crippen MR) is 119 cm³/mol. The highest BCUT2D eigenvalue weighted by Gasteiger charge is 2.17. The Labute approximate surface area is 174 Å². The largest absolute Gasteiger partial charge is 0.325 e. The lowest BCUT2D eigenvalue weighted by molar-refractivity contribution is 0.756. The molecule has 0 radical (unpaired) electrons. The van der Waals surface area contributed by atoms with Crippen LogP contribution in [-0.2, 0) is 5.75 Å². The first-order valence-electron chi connectivity index (χ1n) is 9.29. The van der Waals surface area contributed by atoms with E-state index in [0.29, 0.717) is 5.75 Å². The van der Waals surface area contributed by atoms with Crippen molar-refractivity contribution in [1.29, 1.82) is 0 Å². The molecule has 6 heteroatoms. The monoisotopic (exact) mass is 408 g/mol. The molecule has 1 unspecified atom stereocenters. The van der Waals surface area contributed by atoms with E-state index in [0.717, 1.165) is 44.7 Å². The molecule has 1 N–H and O–H groups in total. The average Bonchev–Trinajstić information content (AvgIpc) is 3.07. The number of para-hydroxylation sites is 1. The van der Waals surface area contributed by atoms with Gasteiger partial charge in [0.15, 0.2) is 0 Å². The second kappa shape index (κ2) is 8.33. The Morgan fingerprint density at radius 1 is 1.07 bits per heavy atom. The van der Waals surface area contributed by atoms with Crippen molar-refractivity contribution in [3.05, 3.63) is 71.0 Å². The summed E-state index contributed by atoms with van der Waals surface area (Å²) in [5.74, 6) is 3.13. The zero-order chi connectivity index (χ0) is 19.5. The van der Waals surface area contributed by atoms with Gasteiger partial charge in [0, 0.05) is 15.3 Å². The van der Waals surface area contributed by atoms with E-state index in [4.69, 9.17) is 26.6 Å². The standard InChI is InChI=1S/C22H21ClN4S/c1-3-18-14(2)12-20(24-18)26-22-17-6-4-5-7-19(17)25-21(27-22)13-28-16-10-8-15(23)9-11-16/h4-12,18H,3,13H2,1-2H3,(H,24,25,26,27). The molecule has 0 amide bonds. The van der Waals surface area contributed by atoms with E-state index in [-0.39, 0.29) is 6.04 Å². The molecule has 0 saturated carbocycles. The number of amidine groups is 1. The van der Waals surface area contributed by atoms with Crippen LogP contribution in [-0.4, -0.2) is 21.8 Å². The highest BCUT2D eigenvalue weighted by molar-refractivity contribution is 7.98. The number of halogens is 1. The molecule has 2 aromatic carbocycles. The normalized spacial score (nSPS) is 16.2. The van der Waals surface area contributed by atoms with Crippen molar-refractivity contribution >= 4 is 45.9 Å². The molecular weight excluding hydrogens is 388 g/mol. The van der Waals surface area contributed by atoms with E-state index in [1.807, 2.05) is 48.5 Å². The maximum atomic E-state index is 5.97. The van der Waals surface area contributed by atoms with Crippen LogP contribution in [0.15, 0.2) is 70.1 Å². The number of hydrogen-bond donors (Lipinski definition) is 1. The number of nitrogens with zero attached hydrogens (tertiary/aromatic N) is 3. The summed E-state index contributed by atoms with van der Waals surface area (Å²) in [7, 11) is 0. The first kappa shape index (κ1) is 19.0. The highest BCUT2D eigenvalue weighted by atomic mass is 35.5. The Bertz CT molecular complexity index is 1060. The molecule has 1 aliphatic rings. The summed E-state index contributed by atoms with van der Waals surface area (Å²) in [6.45, 7) is 4.28. The Kier molecular flexibility index (Phi) is 5.64. The van der Waals surface area contributed by atoms with Gasteiger partial charge < -0.3 is 5.32 Å². The number of benzene rings is 2. The van der Waals surface area contributed by atoms with Gasteiger partial charge in [-0.3, -0.25) is 4.99 Å². The van der Waals surface area contributed by atoms with Gasteiger partial charge in [0.1, 0.15) is 17.5 Å². The Hall–Kier alpha value is -2.37. The number of anilines is 1. The molecule has 1 aliphatic heterocycles. The van der Waals surface area contributed by atoms with Crippen molar-refractivity contribution in [3.63, 3.8) is 0 Å². The van der Waals surface area contributed by atoms with Crippen molar-refractivity contribution in [2.45, 2.75) is 37.0 Å². The van der Waals surface area contributed by atoms with E-state index < -0.39 is 0 Å². The zero-order valence-electron chi connectivity index (χ0n) is 15.8. The molecule has 0 saturated heterocycles. The van der Waals surface area contributed by atoms with Crippen LogP contribution in [0.5, 0.6) is 0 Å². The fourth-order valence-corrected chi connectivity index (χ4v) is 4.06. The minimum absolute atomic E-state index is 0.260. The van der Waals surface area contributed by atoms with E-state index >= 15 is 0 Å². The third kappa shape index (κ3) is 4.21. The summed E-state index contributed by atoms with van der Waals surface area (Å²) >= 11 is 7.66. The van der Waals surface area contributed by atoms with Crippen molar-refractivity contribution in [3.8, 4) is 0 Å². The predicted octanol–water partition coefficient (Wildman–Crippen LogP) is 6.12. The van der Waals surface area contributed by atoms with Gasteiger partial charge in [0.25, 0.3) is 0 Å². The average molecular weight is 409 g/mol. The quantitative estimate of drug-likeness (QED) is 0.516. The van der Waals surface area contributed by atoms with Crippen molar-refractivity contribution < 1.29 is 0 Å². The number of rotatable bonds is 5. The molecule has 28 heavy (non-hydrogen) atoms. The van der Waals surface area contributed by atoms with Gasteiger partial charge in [-0.1, -0.05) is 30.7 Å². The summed E-state index contributed by atoms with van der Waals surface area (Å²) < 4.78 is 0. The van der Waals surface area contributed by atoms with Crippen molar-refractivity contribution in [1.82, 2.24) is 9.97 Å². The van der Waals surface area contributed by atoms with Crippen LogP contribution in [0.2, 0.25) is 5.02 Å². The smallest absolute Gasteiger partial charge is 0.143 e. The second-order valence-electron chi connectivity index (χ2n) is 6.70. The van der Waals surface area contributed by atoms with Gasteiger partial charge in [-0.05, 0) is 61.4 Å². The second-order valence-corrected chi connectivity index (χ2v) is 8.19. The van der Waals surface area contributed by atoms with E-state index in [1.54, 1.807) is 11.8 Å². The van der Waals surface area contributed by atoms with Gasteiger partial charge in [-0.15, -0.1) is 11.8 Å². The van der Waals surface area contributed by atoms with Crippen molar-refractivity contribution in [2.75, 3.05) is 5.32 Å². The molecule has 2 heterocycles. The topological polar surface area (TPSA) is 50.2 Å². The SMILES string of the molecule is CCC1N=C(Nc2nc(CSc3ccc(Cl)cc3)nc3ccccc23)C=C1C. The molecule has 0 fully saturated rings. The molecule has 0 bridgehead atoms. The first-order valence-corrected chi connectivity index (χ1v) is 10.7. The van der Waals surface area contributed by atoms with Crippen LogP contribution in [0.4, 0.5) is 5.82 Å². The summed E-state index contributed by atoms with van der Waals surface area (Å²) in [6, 6.07) is 16.1. The summed E-state index contributed by atoms with van der Waals surface area (Å²) in [5, 5.41) is 5.16. The van der Waals surface area contributed by atoms with Gasteiger partial charge in [-0.25, -0.2) is 9.97 Å². The molecular formula is C22H21ClN4S. The van der Waals surface area contributed by atoms with E-state index in [9.17, 15) is 0 Å². The van der Waals surface area contributed by atoms with Crippen molar-refractivity contribution in [2.24, 2.45) is 4.99 Å². The molecule has 0 spiro atoms. The molecule has 1 aromatic heterocycles. The highest BCUT2D eigenvalue weighted by Crippen LogP contribution is 2.27. The minimum Gasteiger partial charge on any atom is -0.325 e. The zero-order valence-corrected chi connectivity index (χ0v) is 17.4. The van der Waals surface area contributed by atoms with E-state index in [2.05, 4.69) is 25.2 Å². The minimum atomic E-state index is 0.260. The Balaban J connectivity index is 1.61. The van der Waals surface area contributed by atoms with Crippen LogP contribution >= 0.6 is 23.4 Å². The number of aromatic nitrogens is 2. The van der Waals surface area contributed by atoms with Crippen LogP contribution in [0.25, 0.3) is 10.9 Å².